The number of hydrogen-bond donors (Lipinski definition) is 0. The maximum absolute atomic E-state index is 12.9. The molecule has 5 rings (SSSR count). The van der Waals surface area contributed by atoms with Crippen molar-refractivity contribution < 1.29 is 23.4 Å². The highest BCUT2D eigenvalue weighted by atomic mass is 16.5. The Morgan fingerprint density at radius 1 is 0.788 bits per heavy atom. The lowest BCUT2D eigenvalue weighted by atomic mass is 10.1. The van der Waals surface area contributed by atoms with Gasteiger partial charge in [0.1, 0.15) is 29.1 Å². The topological polar surface area (TPSA) is 75.0 Å². The molecular weight excluding hydrogens is 420 g/mol. The van der Waals surface area contributed by atoms with Gasteiger partial charge in [-0.15, -0.1) is 0 Å². The number of carbonyl (C=O) groups excluding carboxylic acids is 1. The number of benzene rings is 4. The van der Waals surface area contributed by atoms with E-state index in [1.807, 2.05) is 36.4 Å². The molecule has 0 aliphatic heterocycles. The van der Waals surface area contributed by atoms with Gasteiger partial charge >= 0.3 is 5.97 Å². The van der Waals surface area contributed by atoms with E-state index in [2.05, 4.69) is 0 Å². The van der Waals surface area contributed by atoms with Gasteiger partial charge < -0.3 is 18.6 Å². The maximum atomic E-state index is 12.9. The Morgan fingerprint density at radius 2 is 1.52 bits per heavy atom. The Bertz CT molecular complexity index is 1530. The molecule has 33 heavy (non-hydrogen) atoms. The molecule has 0 saturated carbocycles. The van der Waals surface area contributed by atoms with Crippen molar-refractivity contribution in [3.8, 4) is 23.0 Å². The first-order valence-electron chi connectivity index (χ1n) is 10.2. The number of rotatable bonds is 5. The molecule has 0 aliphatic rings. The Morgan fingerprint density at radius 3 is 2.30 bits per heavy atom. The van der Waals surface area contributed by atoms with Crippen molar-refractivity contribution in [1.82, 2.24) is 0 Å². The molecule has 0 amide bonds. The molecule has 0 N–H and O–H groups in total. The third-order valence-corrected chi connectivity index (χ3v) is 5.20. The SMILES string of the molecule is COc1ccc(C(=O)Oc2ccc3c(=O)c(Oc4ccc5ccccc5c4)coc3c2)cc1. The van der Waals surface area contributed by atoms with Gasteiger partial charge in [0.25, 0.3) is 0 Å². The van der Waals surface area contributed by atoms with Crippen molar-refractivity contribution in [3.05, 3.63) is 107 Å². The fraction of sp³-hybridized carbons (Fsp3) is 0.0370. The van der Waals surface area contributed by atoms with Crippen LogP contribution < -0.4 is 19.6 Å². The van der Waals surface area contributed by atoms with E-state index in [9.17, 15) is 9.59 Å². The minimum atomic E-state index is -0.532. The van der Waals surface area contributed by atoms with Gasteiger partial charge in [-0.1, -0.05) is 30.3 Å². The largest absolute Gasteiger partial charge is 0.497 e. The average Bonchev–Trinajstić information content (AvgIpc) is 2.85. The van der Waals surface area contributed by atoms with Gasteiger partial charge in [-0.05, 0) is 59.3 Å². The first kappa shape index (κ1) is 20.3. The Hall–Kier alpha value is -4.58. The highest BCUT2D eigenvalue weighted by Crippen LogP contribution is 2.27. The third-order valence-electron chi connectivity index (χ3n) is 5.20. The lowest BCUT2D eigenvalue weighted by Gasteiger charge is -2.08. The maximum Gasteiger partial charge on any atom is 0.343 e. The molecule has 162 valence electrons. The van der Waals surface area contributed by atoms with Gasteiger partial charge in [-0.25, -0.2) is 4.79 Å². The number of methoxy groups -OCH3 is 1. The Kier molecular flexibility index (Phi) is 5.24. The van der Waals surface area contributed by atoms with Gasteiger partial charge in [0.05, 0.1) is 18.1 Å². The fourth-order valence-corrected chi connectivity index (χ4v) is 3.48. The van der Waals surface area contributed by atoms with Crippen LogP contribution in [0.25, 0.3) is 21.7 Å². The molecule has 0 atom stereocenters. The normalized spacial score (nSPS) is 10.8. The number of ether oxygens (including phenoxy) is 3. The summed E-state index contributed by atoms with van der Waals surface area (Å²) >= 11 is 0. The summed E-state index contributed by atoms with van der Waals surface area (Å²) in [6.45, 7) is 0. The molecule has 0 aliphatic carbocycles. The van der Waals surface area contributed by atoms with Crippen molar-refractivity contribution in [1.29, 1.82) is 0 Å². The van der Waals surface area contributed by atoms with Crippen molar-refractivity contribution in [2.75, 3.05) is 7.11 Å². The number of hydrogen-bond acceptors (Lipinski definition) is 6. The van der Waals surface area contributed by atoms with E-state index in [1.54, 1.807) is 49.6 Å². The van der Waals surface area contributed by atoms with Crippen LogP contribution in [0.15, 0.2) is 100 Å². The summed E-state index contributed by atoms with van der Waals surface area (Å²) in [5.41, 5.74) is 0.333. The van der Waals surface area contributed by atoms with Crippen LogP contribution in [-0.4, -0.2) is 13.1 Å². The summed E-state index contributed by atoms with van der Waals surface area (Å²) < 4.78 is 21.9. The van der Waals surface area contributed by atoms with Crippen LogP contribution in [-0.2, 0) is 0 Å². The number of esters is 1. The second-order valence-electron chi connectivity index (χ2n) is 7.32. The van der Waals surface area contributed by atoms with E-state index in [0.717, 1.165) is 10.8 Å². The van der Waals surface area contributed by atoms with Gasteiger partial charge in [-0.2, -0.15) is 0 Å². The van der Waals surface area contributed by atoms with Crippen LogP contribution in [0, 0.1) is 0 Å². The van der Waals surface area contributed by atoms with E-state index in [1.165, 1.54) is 12.3 Å². The first-order chi connectivity index (χ1) is 16.1. The molecule has 0 saturated heterocycles. The van der Waals surface area contributed by atoms with Crippen molar-refractivity contribution in [2.45, 2.75) is 0 Å². The zero-order valence-corrected chi connectivity index (χ0v) is 17.6. The van der Waals surface area contributed by atoms with E-state index in [4.69, 9.17) is 18.6 Å². The zero-order chi connectivity index (χ0) is 22.8. The number of carbonyl (C=O) groups is 1. The lowest BCUT2D eigenvalue weighted by Crippen LogP contribution is -2.09. The third kappa shape index (κ3) is 4.14. The van der Waals surface area contributed by atoms with E-state index >= 15 is 0 Å². The van der Waals surface area contributed by atoms with Crippen LogP contribution in [0.4, 0.5) is 0 Å². The van der Waals surface area contributed by atoms with Crippen LogP contribution in [0.5, 0.6) is 23.0 Å². The molecular formula is C27H18O6. The standard InChI is InChI=1S/C27H18O6/c1-30-20-9-7-18(8-10-20)27(29)33-22-12-13-23-24(15-22)31-16-25(26(23)28)32-21-11-6-17-4-2-3-5-19(17)14-21/h2-16H,1H3. The molecule has 1 heterocycles. The summed E-state index contributed by atoms with van der Waals surface area (Å²) in [4.78, 5) is 25.3. The van der Waals surface area contributed by atoms with Gasteiger partial charge in [-0.3, -0.25) is 4.79 Å². The minimum absolute atomic E-state index is 0.0701. The van der Waals surface area contributed by atoms with Crippen LogP contribution in [0.3, 0.4) is 0 Å². The summed E-state index contributed by atoms with van der Waals surface area (Å²) in [5, 5.41) is 2.40. The summed E-state index contributed by atoms with van der Waals surface area (Å²) in [7, 11) is 1.55. The monoisotopic (exact) mass is 438 g/mol. The molecule has 0 fully saturated rings. The van der Waals surface area contributed by atoms with E-state index < -0.39 is 5.97 Å². The predicted molar refractivity (Wildman–Crippen MR) is 124 cm³/mol. The fourth-order valence-electron chi connectivity index (χ4n) is 3.48. The van der Waals surface area contributed by atoms with E-state index in [0.29, 0.717) is 22.4 Å². The Balaban J connectivity index is 1.38. The quantitative estimate of drug-likeness (QED) is 0.249. The zero-order valence-electron chi connectivity index (χ0n) is 17.6. The smallest absolute Gasteiger partial charge is 0.343 e. The predicted octanol–water partition coefficient (Wildman–Crippen LogP) is 5.97. The lowest BCUT2D eigenvalue weighted by molar-refractivity contribution is 0.0735. The van der Waals surface area contributed by atoms with Crippen molar-refractivity contribution in [2.24, 2.45) is 0 Å². The average molecular weight is 438 g/mol. The highest BCUT2D eigenvalue weighted by Gasteiger charge is 2.13. The van der Waals surface area contributed by atoms with Gasteiger partial charge in [0, 0.05) is 6.07 Å². The van der Waals surface area contributed by atoms with Crippen LogP contribution in [0.2, 0.25) is 0 Å². The summed E-state index contributed by atoms with van der Waals surface area (Å²) in [6, 6.07) is 24.6. The van der Waals surface area contributed by atoms with Gasteiger partial charge in [0.15, 0.2) is 0 Å². The van der Waals surface area contributed by atoms with Crippen LogP contribution in [0.1, 0.15) is 10.4 Å². The van der Waals surface area contributed by atoms with E-state index in [-0.39, 0.29) is 22.5 Å². The molecule has 5 aromatic rings. The molecule has 4 aromatic carbocycles. The summed E-state index contributed by atoms with van der Waals surface area (Å²) in [6.07, 6.45) is 1.26. The minimum Gasteiger partial charge on any atom is -0.497 e. The summed E-state index contributed by atoms with van der Waals surface area (Å²) in [5.74, 6) is 0.970. The molecule has 6 heteroatoms. The van der Waals surface area contributed by atoms with Crippen molar-refractivity contribution in [3.63, 3.8) is 0 Å². The second-order valence-corrected chi connectivity index (χ2v) is 7.32. The van der Waals surface area contributed by atoms with Crippen LogP contribution >= 0.6 is 0 Å². The highest BCUT2D eigenvalue weighted by molar-refractivity contribution is 5.92. The molecule has 6 nitrogen and oxygen atoms in total. The molecule has 0 unspecified atom stereocenters. The first-order valence-corrected chi connectivity index (χ1v) is 10.2. The van der Waals surface area contributed by atoms with Gasteiger partial charge in [0.2, 0.25) is 11.2 Å². The molecule has 0 radical (unpaired) electrons. The second kappa shape index (κ2) is 8.51. The molecule has 0 spiro atoms. The van der Waals surface area contributed by atoms with Crippen molar-refractivity contribution >= 4 is 27.7 Å². The molecule has 0 bridgehead atoms. The Labute approximate surface area is 188 Å². The molecule has 1 aromatic heterocycles. The number of fused-ring (bicyclic) bond motifs is 2.